The van der Waals surface area contributed by atoms with Gasteiger partial charge in [0.1, 0.15) is 17.4 Å². The van der Waals surface area contributed by atoms with E-state index in [4.69, 9.17) is 14.2 Å². The molecule has 11 heteroatoms. The maximum Gasteiger partial charge on any atom is 0.421 e. The Morgan fingerprint density at radius 2 is 1.87 bits per heavy atom. The largest absolute Gasteiger partial charge is 0.497 e. The summed E-state index contributed by atoms with van der Waals surface area (Å²) in [7, 11) is 4.13. The Labute approximate surface area is 176 Å². The van der Waals surface area contributed by atoms with Gasteiger partial charge in [-0.1, -0.05) is 12.1 Å². The maximum atomic E-state index is 13.6. The van der Waals surface area contributed by atoms with E-state index >= 15 is 0 Å². The number of carbonyl (C=O) groups excluding carboxylic acids is 1. The number of ether oxygens (including phenoxy) is 3. The lowest BCUT2D eigenvalue weighted by Crippen LogP contribution is -2.40. The number of benzene rings is 1. The molecule has 8 nitrogen and oxygen atoms in total. The van der Waals surface area contributed by atoms with E-state index in [9.17, 15) is 22.8 Å². The normalized spacial score (nSPS) is 18.8. The van der Waals surface area contributed by atoms with Gasteiger partial charge in [-0.25, -0.2) is 9.48 Å². The Balaban J connectivity index is 2.06. The van der Waals surface area contributed by atoms with Crippen LogP contribution < -0.4 is 15.2 Å². The molecule has 1 aromatic heterocycles. The van der Waals surface area contributed by atoms with Crippen LogP contribution in [0, 0.1) is 0 Å². The molecule has 31 heavy (non-hydrogen) atoms. The highest BCUT2D eigenvalue weighted by atomic mass is 19.4. The van der Waals surface area contributed by atoms with Crippen molar-refractivity contribution in [3.63, 3.8) is 0 Å². The van der Waals surface area contributed by atoms with Gasteiger partial charge in [0, 0.05) is 26.1 Å². The van der Waals surface area contributed by atoms with E-state index in [-0.39, 0.29) is 25.3 Å². The summed E-state index contributed by atoms with van der Waals surface area (Å²) >= 11 is 0. The molecule has 0 radical (unpaired) electrons. The third-order valence-electron chi connectivity index (χ3n) is 5.12. The van der Waals surface area contributed by atoms with Gasteiger partial charge in [0.25, 0.3) is 5.56 Å². The van der Waals surface area contributed by atoms with Crippen molar-refractivity contribution in [2.75, 3.05) is 32.8 Å². The van der Waals surface area contributed by atoms with Crippen molar-refractivity contribution in [2.24, 2.45) is 0 Å². The Bertz CT molecular complexity index is 991. The number of aromatic nitrogens is 2. The average Bonchev–Trinajstić information content (AvgIpc) is 3.19. The Morgan fingerprint density at radius 1 is 1.19 bits per heavy atom. The van der Waals surface area contributed by atoms with Crippen LogP contribution in [0.4, 0.5) is 19.0 Å². The minimum absolute atomic E-state index is 0.126. The summed E-state index contributed by atoms with van der Waals surface area (Å²) in [6.45, 7) is -0.0640. The van der Waals surface area contributed by atoms with Gasteiger partial charge < -0.3 is 19.1 Å². The smallest absolute Gasteiger partial charge is 0.421 e. The number of carbonyl (C=O) groups is 1. The van der Waals surface area contributed by atoms with Crippen LogP contribution >= 0.6 is 0 Å². The first-order valence-electron chi connectivity index (χ1n) is 9.37. The molecule has 0 amide bonds. The van der Waals surface area contributed by atoms with Crippen molar-refractivity contribution in [2.45, 2.75) is 31.3 Å². The van der Waals surface area contributed by atoms with Crippen molar-refractivity contribution in [1.29, 1.82) is 0 Å². The number of hydrogen-bond acceptors (Lipinski definition) is 7. The van der Waals surface area contributed by atoms with E-state index in [0.29, 0.717) is 17.4 Å². The van der Waals surface area contributed by atoms with Crippen molar-refractivity contribution in [1.82, 2.24) is 9.78 Å². The summed E-state index contributed by atoms with van der Waals surface area (Å²) in [5.74, 6) is -0.212. The lowest BCUT2D eigenvalue weighted by Gasteiger charge is -2.24. The number of halogens is 3. The molecule has 1 aromatic carbocycles. The molecular formula is C20H22F3N3O5. The van der Waals surface area contributed by atoms with E-state index < -0.39 is 35.4 Å². The van der Waals surface area contributed by atoms with E-state index in [0.717, 1.165) is 4.68 Å². The lowest BCUT2D eigenvalue weighted by molar-refractivity contribution is -0.142. The first kappa shape index (κ1) is 22.6. The molecule has 1 saturated heterocycles. The molecule has 3 rings (SSSR count). The van der Waals surface area contributed by atoms with Crippen molar-refractivity contribution in [3.05, 3.63) is 51.8 Å². The minimum Gasteiger partial charge on any atom is -0.497 e. The fourth-order valence-electron chi connectivity index (χ4n) is 3.46. The molecule has 168 valence electrons. The molecule has 0 saturated carbocycles. The quantitative estimate of drug-likeness (QED) is 0.635. The Kier molecular flexibility index (Phi) is 6.54. The van der Waals surface area contributed by atoms with Gasteiger partial charge in [-0.05, 0) is 17.7 Å². The van der Waals surface area contributed by atoms with Crippen LogP contribution in [0.2, 0.25) is 0 Å². The number of rotatable bonds is 6. The summed E-state index contributed by atoms with van der Waals surface area (Å²) in [5.41, 5.74) is -2.08. The summed E-state index contributed by atoms with van der Waals surface area (Å²) in [6.07, 6.45) is -5.07. The predicted octanol–water partition coefficient (Wildman–Crippen LogP) is 2.09. The second-order valence-electron chi connectivity index (χ2n) is 7.01. The zero-order valence-electron chi connectivity index (χ0n) is 17.2. The van der Waals surface area contributed by atoms with E-state index in [1.165, 1.54) is 26.2 Å². The first-order chi connectivity index (χ1) is 14.7. The molecule has 0 unspecified atom stereocenters. The highest BCUT2D eigenvalue weighted by Crippen LogP contribution is 2.31. The summed E-state index contributed by atoms with van der Waals surface area (Å²) in [5, 5.41) is 4.14. The van der Waals surface area contributed by atoms with Gasteiger partial charge in [0.05, 0.1) is 26.9 Å². The zero-order chi connectivity index (χ0) is 22.8. The molecule has 1 aliphatic rings. The number of alkyl halides is 3. The van der Waals surface area contributed by atoms with Gasteiger partial charge in [0.15, 0.2) is 5.82 Å². The Hall–Kier alpha value is -3.08. The SMILES string of the molecule is COC(=O)[C@@H]1C[C@@H](OC)CN1c1cc(C(F)(F)F)c(=O)n(Cc2ccc(OC)cc2)n1. The number of anilines is 1. The van der Waals surface area contributed by atoms with E-state index in [1.54, 1.807) is 24.3 Å². The van der Waals surface area contributed by atoms with Gasteiger partial charge >= 0.3 is 12.1 Å². The number of hydrogen-bond donors (Lipinski definition) is 0. The molecule has 0 N–H and O–H groups in total. The molecule has 1 aliphatic heterocycles. The predicted molar refractivity (Wildman–Crippen MR) is 104 cm³/mol. The van der Waals surface area contributed by atoms with Gasteiger partial charge in [-0.3, -0.25) is 4.79 Å². The van der Waals surface area contributed by atoms with Gasteiger partial charge in [0.2, 0.25) is 0 Å². The van der Waals surface area contributed by atoms with Crippen LogP contribution in [0.1, 0.15) is 17.5 Å². The molecule has 2 aromatic rings. The minimum atomic E-state index is -4.89. The van der Waals surface area contributed by atoms with E-state index in [1.807, 2.05) is 0 Å². The third kappa shape index (κ3) is 4.82. The molecule has 0 bridgehead atoms. The molecule has 0 spiro atoms. The molecular weight excluding hydrogens is 419 g/mol. The number of esters is 1. The van der Waals surface area contributed by atoms with Crippen LogP contribution in [0.5, 0.6) is 5.75 Å². The fourth-order valence-corrected chi connectivity index (χ4v) is 3.46. The third-order valence-corrected chi connectivity index (χ3v) is 5.12. The van der Waals surface area contributed by atoms with Crippen LogP contribution in [0.3, 0.4) is 0 Å². The van der Waals surface area contributed by atoms with Gasteiger partial charge in [-0.15, -0.1) is 0 Å². The lowest BCUT2D eigenvalue weighted by atomic mass is 10.2. The second-order valence-corrected chi connectivity index (χ2v) is 7.01. The Morgan fingerprint density at radius 3 is 2.42 bits per heavy atom. The molecule has 0 aliphatic carbocycles. The maximum absolute atomic E-state index is 13.6. The standard InChI is InChI=1S/C20H22F3N3O5/c1-29-13-6-4-12(5-7-13)10-26-18(27)15(20(21,22)23)9-17(24-26)25-11-14(30-2)8-16(25)19(28)31-3/h4-7,9,14,16H,8,10-11H2,1-3H3/t14-,16+/m1/s1. The molecule has 2 atom stereocenters. The van der Waals surface area contributed by atoms with Gasteiger partial charge in [-0.2, -0.15) is 18.3 Å². The van der Waals surface area contributed by atoms with Crippen LogP contribution in [0.15, 0.2) is 35.1 Å². The highest BCUT2D eigenvalue weighted by molar-refractivity contribution is 5.80. The monoisotopic (exact) mass is 441 g/mol. The van der Waals surface area contributed by atoms with Crippen LogP contribution in [0.25, 0.3) is 0 Å². The number of nitrogens with zero attached hydrogens (tertiary/aromatic N) is 3. The summed E-state index contributed by atoms with van der Waals surface area (Å²) in [6, 6.07) is 6.30. The number of methoxy groups -OCH3 is 3. The van der Waals surface area contributed by atoms with Crippen molar-refractivity contribution < 1.29 is 32.2 Å². The summed E-state index contributed by atoms with van der Waals surface area (Å²) in [4.78, 5) is 26.1. The zero-order valence-corrected chi connectivity index (χ0v) is 17.2. The summed E-state index contributed by atoms with van der Waals surface area (Å²) < 4.78 is 56.7. The average molecular weight is 441 g/mol. The van der Waals surface area contributed by atoms with Crippen LogP contribution in [-0.2, 0) is 27.0 Å². The molecule has 2 heterocycles. The first-order valence-corrected chi connectivity index (χ1v) is 9.37. The fraction of sp³-hybridized carbons (Fsp3) is 0.450. The topological polar surface area (TPSA) is 82.9 Å². The highest BCUT2D eigenvalue weighted by Gasteiger charge is 2.41. The second kappa shape index (κ2) is 8.96. The molecule has 1 fully saturated rings. The van der Waals surface area contributed by atoms with Crippen molar-refractivity contribution >= 4 is 11.8 Å². The van der Waals surface area contributed by atoms with E-state index in [2.05, 4.69) is 5.10 Å². The van der Waals surface area contributed by atoms with Crippen molar-refractivity contribution in [3.8, 4) is 5.75 Å². The van der Waals surface area contributed by atoms with Crippen LogP contribution in [-0.4, -0.2) is 55.8 Å².